The maximum Gasteiger partial charge on any atom is 0.235 e. The number of anilines is 1. The van der Waals surface area contributed by atoms with Gasteiger partial charge in [-0.1, -0.05) is 35.3 Å². The number of nitrogens with one attached hydrogen (secondary N) is 1. The van der Waals surface area contributed by atoms with Crippen LogP contribution in [-0.4, -0.2) is 12.1 Å². The van der Waals surface area contributed by atoms with Crippen LogP contribution in [0.25, 0.3) is 0 Å². The molecule has 1 heterocycles. The molecule has 0 aliphatic rings. The molecule has 0 aliphatic carbocycles. The Bertz CT molecular complexity index is 608. The summed E-state index contributed by atoms with van der Waals surface area (Å²) in [5.41, 5.74) is 3.31. The van der Waals surface area contributed by atoms with Crippen molar-refractivity contribution in [3.63, 3.8) is 0 Å². The molecule has 0 fully saturated rings. The second kappa shape index (κ2) is 6.65. The minimum absolute atomic E-state index is 0.256. The Balaban J connectivity index is 2.14. The van der Waals surface area contributed by atoms with E-state index in [-0.39, 0.29) is 5.88 Å². The number of hydrazine groups is 1. The molecule has 0 radical (unpaired) electrons. The van der Waals surface area contributed by atoms with Crippen molar-refractivity contribution in [3.8, 4) is 11.6 Å². The SMILES string of the molecule is COc1cccc(COc2nc(NN)c(Cl)cc2Cl)c1. The summed E-state index contributed by atoms with van der Waals surface area (Å²) < 4.78 is 10.7. The Morgan fingerprint density at radius 1 is 1.25 bits per heavy atom. The van der Waals surface area contributed by atoms with Crippen molar-refractivity contribution >= 4 is 29.0 Å². The number of hydrogen-bond acceptors (Lipinski definition) is 5. The molecule has 0 spiro atoms. The number of halogens is 2. The van der Waals surface area contributed by atoms with Crippen molar-refractivity contribution < 1.29 is 9.47 Å². The van der Waals surface area contributed by atoms with Gasteiger partial charge in [-0.3, -0.25) is 0 Å². The fourth-order valence-electron chi connectivity index (χ4n) is 1.57. The largest absolute Gasteiger partial charge is 0.497 e. The van der Waals surface area contributed by atoms with Crippen LogP contribution in [0.5, 0.6) is 11.6 Å². The van der Waals surface area contributed by atoms with Crippen LogP contribution in [-0.2, 0) is 6.61 Å². The lowest BCUT2D eigenvalue weighted by Crippen LogP contribution is -2.10. The standard InChI is InChI=1S/C13H13Cl2N3O2/c1-19-9-4-2-3-8(5-9)7-20-13-11(15)6-10(14)12(17-13)18-16/h2-6H,7,16H2,1H3,(H,17,18). The van der Waals surface area contributed by atoms with Crippen LogP contribution in [0.4, 0.5) is 5.82 Å². The van der Waals surface area contributed by atoms with E-state index in [1.165, 1.54) is 6.07 Å². The van der Waals surface area contributed by atoms with E-state index in [2.05, 4.69) is 10.4 Å². The Hall–Kier alpha value is -1.69. The third-order valence-corrected chi connectivity index (χ3v) is 3.10. The molecule has 106 valence electrons. The summed E-state index contributed by atoms with van der Waals surface area (Å²) in [5, 5.41) is 0.642. The molecule has 0 saturated heterocycles. The third-order valence-electron chi connectivity index (χ3n) is 2.54. The molecule has 0 unspecified atom stereocenters. The number of nitrogens with two attached hydrogens (primary N) is 1. The van der Waals surface area contributed by atoms with Crippen molar-refractivity contribution in [3.05, 3.63) is 45.9 Å². The summed E-state index contributed by atoms with van der Waals surface area (Å²) >= 11 is 11.9. The zero-order valence-corrected chi connectivity index (χ0v) is 12.2. The number of ether oxygens (including phenoxy) is 2. The highest BCUT2D eigenvalue weighted by atomic mass is 35.5. The fraction of sp³-hybridized carbons (Fsp3) is 0.154. The van der Waals surface area contributed by atoms with Gasteiger partial charge in [-0.2, -0.15) is 4.98 Å². The maximum absolute atomic E-state index is 6.02. The number of pyridine rings is 1. The van der Waals surface area contributed by atoms with E-state index in [1.54, 1.807) is 7.11 Å². The third kappa shape index (κ3) is 3.45. The highest BCUT2D eigenvalue weighted by Crippen LogP contribution is 2.30. The Kier molecular flexibility index (Phi) is 4.89. The first-order valence-electron chi connectivity index (χ1n) is 5.72. The molecule has 0 atom stereocenters. The quantitative estimate of drug-likeness (QED) is 0.655. The van der Waals surface area contributed by atoms with Crippen LogP contribution in [0.15, 0.2) is 30.3 Å². The van der Waals surface area contributed by atoms with Gasteiger partial charge >= 0.3 is 0 Å². The van der Waals surface area contributed by atoms with Gasteiger partial charge in [-0.25, -0.2) is 5.84 Å². The van der Waals surface area contributed by atoms with E-state index in [0.717, 1.165) is 11.3 Å². The highest BCUT2D eigenvalue weighted by molar-refractivity contribution is 6.36. The number of nitrogens with zero attached hydrogens (tertiary/aromatic N) is 1. The van der Waals surface area contributed by atoms with Crippen molar-refractivity contribution in [2.24, 2.45) is 5.84 Å². The van der Waals surface area contributed by atoms with Gasteiger partial charge in [0.1, 0.15) is 17.4 Å². The van der Waals surface area contributed by atoms with E-state index < -0.39 is 0 Å². The first kappa shape index (κ1) is 14.7. The highest BCUT2D eigenvalue weighted by Gasteiger charge is 2.10. The smallest absolute Gasteiger partial charge is 0.235 e. The molecular weight excluding hydrogens is 301 g/mol. The molecule has 0 amide bonds. The topological polar surface area (TPSA) is 69.4 Å². The predicted octanol–water partition coefficient (Wildman–Crippen LogP) is 3.26. The molecule has 20 heavy (non-hydrogen) atoms. The van der Waals surface area contributed by atoms with Gasteiger partial charge in [0, 0.05) is 0 Å². The Labute approximate surface area is 126 Å². The molecule has 1 aromatic carbocycles. The second-order valence-electron chi connectivity index (χ2n) is 3.89. The number of hydrogen-bond donors (Lipinski definition) is 2. The maximum atomic E-state index is 6.02. The predicted molar refractivity (Wildman–Crippen MR) is 79.4 cm³/mol. The molecule has 2 rings (SSSR count). The molecule has 0 saturated carbocycles. The van der Waals surface area contributed by atoms with Gasteiger partial charge in [0.25, 0.3) is 0 Å². The zero-order valence-electron chi connectivity index (χ0n) is 10.7. The number of benzene rings is 1. The number of nitrogen functional groups attached to an aromatic ring is 1. The van der Waals surface area contributed by atoms with E-state index in [0.29, 0.717) is 22.5 Å². The van der Waals surface area contributed by atoms with Crippen molar-refractivity contribution in [1.82, 2.24) is 4.98 Å². The van der Waals surface area contributed by atoms with Gasteiger partial charge in [0.05, 0.1) is 12.1 Å². The summed E-state index contributed by atoms with van der Waals surface area (Å²) in [6.07, 6.45) is 0. The summed E-state index contributed by atoms with van der Waals surface area (Å²) in [6.45, 7) is 0.301. The average Bonchev–Trinajstić information content (AvgIpc) is 2.46. The van der Waals surface area contributed by atoms with Gasteiger partial charge in [0.15, 0.2) is 5.82 Å². The molecule has 2 aromatic rings. The van der Waals surface area contributed by atoms with Crippen LogP contribution in [0, 0.1) is 0 Å². The van der Waals surface area contributed by atoms with Gasteiger partial charge < -0.3 is 14.9 Å². The average molecular weight is 314 g/mol. The van der Waals surface area contributed by atoms with Crippen LogP contribution in [0.3, 0.4) is 0 Å². The van der Waals surface area contributed by atoms with Gasteiger partial charge in [-0.15, -0.1) is 0 Å². The normalized spacial score (nSPS) is 10.2. The molecule has 5 nitrogen and oxygen atoms in total. The molecule has 3 N–H and O–H groups in total. The zero-order chi connectivity index (χ0) is 14.5. The van der Waals surface area contributed by atoms with E-state index in [4.69, 9.17) is 38.5 Å². The van der Waals surface area contributed by atoms with Gasteiger partial charge in [0.2, 0.25) is 5.88 Å². The first-order valence-corrected chi connectivity index (χ1v) is 6.48. The summed E-state index contributed by atoms with van der Waals surface area (Å²) in [4.78, 5) is 4.09. The monoisotopic (exact) mass is 313 g/mol. The molecule has 1 aromatic heterocycles. The lowest BCUT2D eigenvalue weighted by atomic mass is 10.2. The van der Waals surface area contributed by atoms with Gasteiger partial charge in [-0.05, 0) is 23.8 Å². The Morgan fingerprint density at radius 3 is 2.75 bits per heavy atom. The number of rotatable bonds is 5. The lowest BCUT2D eigenvalue weighted by Gasteiger charge is -2.10. The summed E-state index contributed by atoms with van der Waals surface area (Å²) in [7, 11) is 1.61. The fourth-order valence-corrected chi connectivity index (χ4v) is 2.03. The minimum Gasteiger partial charge on any atom is -0.497 e. The van der Waals surface area contributed by atoms with Crippen LogP contribution < -0.4 is 20.7 Å². The number of aromatic nitrogens is 1. The molecule has 0 bridgehead atoms. The molecule has 0 aliphatic heterocycles. The van der Waals surface area contributed by atoms with E-state index in [9.17, 15) is 0 Å². The Morgan fingerprint density at radius 2 is 2.05 bits per heavy atom. The minimum atomic E-state index is 0.256. The van der Waals surface area contributed by atoms with Crippen molar-refractivity contribution in [1.29, 1.82) is 0 Å². The summed E-state index contributed by atoms with van der Waals surface area (Å²) in [6, 6.07) is 9.03. The van der Waals surface area contributed by atoms with Crippen LogP contribution in [0.1, 0.15) is 5.56 Å². The molecule has 7 heteroatoms. The van der Waals surface area contributed by atoms with Crippen LogP contribution in [0.2, 0.25) is 10.0 Å². The van der Waals surface area contributed by atoms with Crippen molar-refractivity contribution in [2.45, 2.75) is 6.61 Å². The molecular formula is C13H13Cl2N3O2. The number of methoxy groups -OCH3 is 1. The first-order chi connectivity index (χ1) is 9.63. The van der Waals surface area contributed by atoms with E-state index >= 15 is 0 Å². The lowest BCUT2D eigenvalue weighted by molar-refractivity contribution is 0.293. The second-order valence-corrected chi connectivity index (χ2v) is 4.70. The van der Waals surface area contributed by atoms with E-state index in [1.807, 2.05) is 24.3 Å². The summed E-state index contributed by atoms with van der Waals surface area (Å²) in [5.74, 6) is 6.62. The van der Waals surface area contributed by atoms with Crippen molar-refractivity contribution in [2.75, 3.05) is 12.5 Å². The van der Waals surface area contributed by atoms with Crippen LogP contribution >= 0.6 is 23.2 Å².